The molecule has 3 saturated heterocycles. The molecule has 0 radical (unpaired) electrons. The van der Waals surface area contributed by atoms with Gasteiger partial charge >= 0.3 is 0 Å². The molecule has 2 aromatic carbocycles. The number of para-hydroxylation sites is 1. The summed E-state index contributed by atoms with van der Waals surface area (Å²) in [4.78, 5) is 4.43. The summed E-state index contributed by atoms with van der Waals surface area (Å²) in [6.07, 6.45) is 4.88. The van der Waals surface area contributed by atoms with Crippen LogP contribution in [0.25, 0.3) is 10.9 Å². The van der Waals surface area contributed by atoms with Crippen LogP contribution in [0.3, 0.4) is 0 Å². The van der Waals surface area contributed by atoms with Crippen LogP contribution in [0.2, 0.25) is 0 Å². The number of hydrogen-bond donors (Lipinski definition) is 1. The van der Waals surface area contributed by atoms with E-state index < -0.39 is 17.7 Å². The van der Waals surface area contributed by atoms with Gasteiger partial charge in [-0.1, -0.05) is 36.4 Å². The third-order valence-electron chi connectivity index (χ3n) is 7.56. The Morgan fingerprint density at radius 1 is 1.16 bits per heavy atom. The van der Waals surface area contributed by atoms with Gasteiger partial charge in [-0.2, -0.15) is 0 Å². The number of aromatic nitrogens is 1. The van der Waals surface area contributed by atoms with E-state index in [1.54, 1.807) is 18.3 Å². The highest BCUT2D eigenvalue weighted by molar-refractivity contribution is 5.82. The van der Waals surface area contributed by atoms with E-state index in [4.69, 9.17) is 0 Å². The van der Waals surface area contributed by atoms with Crippen molar-refractivity contribution in [2.24, 2.45) is 11.8 Å². The number of aliphatic hydroxyl groups excluding tert-OH is 1. The number of rotatable bonds is 5. The summed E-state index contributed by atoms with van der Waals surface area (Å²) >= 11 is 0. The molecule has 5 atom stereocenters. The van der Waals surface area contributed by atoms with Crippen molar-refractivity contribution in [1.82, 2.24) is 4.98 Å². The van der Waals surface area contributed by atoms with Gasteiger partial charge in [0.1, 0.15) is 18.7 Å². The molecule has 160 valence electrons. The molecule has 31 heavy (non-hydrogen) atoms. The number of pyridine rings is 1. The molecule has 2 bridgehead atoms. The number of quaternary nitrogens is 1. The molecule has 1 aromatic heterocycles. The second-order valence-electron chi connectivity index (χ2n) is 9.11. The van der Waals surface area contributed by atoms with Gasteiger partial charge in [0, 0.05) is 35.9 Å². The average Bonchev–Trinajstić information content (AvgIpc) is 2.81. The SMILES string of the molecule is C=CC1C[N+]2(Cc3cccc(F)c3F)CCC1CC2[C@H](O)c1ccnc2ccccc12. The molecule has 0 aliphatic carbocycles. The molecule has 0 spiro atoms. The lowest BCUT2D eigenvalue weighted by atomic mass is 9.71. The van der Waals surface area contributed by atoms with E-state index in [1.165, 1.54) is 0 Å². The lowest BCUT2D eigenvalue weighted by molar-refractivity contribution is -0.985. The molecule has 3 aliphatic rings. The van der Waals surface area contributed by atoms with E-state index in [1.807, 2.05) is 36.4 Å². The zero-order valence-corrected chi connectivity index (χ0v) is 17.4. The number of fused-ring (bicyclic) bond motifs is 4. The van der Waals surface area contributed by atoms with Crippen LogP contribution in [0.1, 0.15) is 30.1 Å². The molecular formula is C26H27F2N2O+. The molecular weight excluding hydrogens is 394 g/mol. The molecule has 3 fully saturated rings. The topological polar surface area (TPSA) is 33.1 Å². The fourth-order valence-electron chi connectivity index (χ4n) is 5.97. The molecule has 0 saturated carbocycles. The lowest BCUT2D eigenvalue weighted by Gasteiger charge is -2.58. The Morgan fingerprint density at radius 2 is 2.00 bits per heavy atom. The normalized spacial score (nSPS) is 28.5. The van der Waals surface area contributed by atoms with E-state index >= 15 is 0 Å². The lowest BCUT2D eigenvalue weighted by Crippen LogP contribution is -2.67. The highest BCUT2D eigenvalue weighted by atomic mass is 19.2. The first-order valence-electron chi connectivity index (χ1n) is 11.0. The van der Waals surface area contributed by atoms with Gasteiger partial charge in [0.25, 0.3) is 0 Å². The van der Waals surface area contributed by atoms with Crippen LogP contribution in [0.5, 0.6) is 0 Å². The number of halogens is 2. The second-order valence-corrected chi connectivity index (χ2v) is 9.11. The van der Waals surface area contributed by atoms with E-state index in [2.05, 4.69) is 11.6 Å². The highest BCUT2D eigenvalue weighted by Gasteiger charge is 2.54. The molecule has 4 heterocycles. The molecule has 6 rings (SSSR count). The maximum absolute atomic E-state index is 14.6. The van der Waals surface area contributed by atoms with Crippen molar-refractivity contribution in [3.8, 4) is 0 Å². The van der Waals surface area contributed by atoms with Crippen molar-refractivity contribution in [2.75, 3.05) is 13.1 Å². The van der Waals surface area contributed by atoms with Gasteiger partial charge in [0.15, 0.2) is 11.6 Å². The Morgan fingerprint density at radius 3 is 2.84 bits per heavy atom. The Labute approximate surface area is 181 Å². The van der Waals surface area contributed by atoms with Crippen molar-refractivity contribution < 1.29 is 18.4 Å². The molecule has 3 nitrogen and oxygen atoms in total. The smallest absolute Gasteiger partial charge is 0.167 e. The highest BCUT2D eigenvalue weighted by Crippen LogP contribution is 2.48. The summed E-state index contributed by atoms with van der Waals surface area (Å²) in [5.74, 6) is -0.814. The Hall–Kier alpha value is -2.63. The first-order valence-corrected chi connectivity index (χ1v) is 11.0. The average molecular weight is 422 g/mol. The van der Waals surface area contributed by atoms with E-state index in [0.717, 1.165) is 48.5 Å². The summed E-state index contributed by atoms with van der Waals surface area (Å²) < 4.78 is 29.1. The summed E-state index contributed by atoms with van der Waals surface area (Å²) in [6, 6.07) is 14.0. The second kappa shape index (κ2) is 7.81. The summed E-state index contributed by atoms with van der Waals surface area (Å²) in [5, 5.41) is 12.6. The molecule has 5 heteroatoms. The van der Waals surface area contributed by atoms with Gasteiger partial charge in [0.05, 0.1) is 18.6 Å². The quantitative estimate of drug-likeness (QED) is 0.456. The standard InChI is InChI=1S/C26H27F2N2O/c1-2-17-15-30(16-19-6-5-8-22(27)25(19)28)13-11-18(17)14-24(30)26(31)21-10-12-29-23-9-4-3-7-20(21)23/h2-10,12,17-18,24,26,31H,1,11,13-16H2/q+1/t17?,18?,24?,26-,30?/m1/s1. The number of benzene rings is 2. The first-order chi connectivity index (χ1) is 15.0. The monoisotopic (exact) mass is 421 g/mol. The minimum atomic E-state index is -0.819. The van der Waals surface area contributed by atoms with Gasteiger partial charge in [-0.3, -0.25) is 4.98 Å². The minimum Gasteiger partial charge on any atom is -0.382 e. The number of hydrogen-bond acceptors (Lipinski definition) is 2. The largest absolute Gasteiger partial charge is 0.382 e. The van der Waals surface area contributed by atoms with Crippen LogP contribution in [0, 0.1) is 23.5 Å². The number of aliphatic hydroxyl groups is 1. The zero-order chi connectivity index (χ0) is 21.6. The first kappa shape index (κ1) is 20.3. The van der Waals surface area contributed by atoms with E-state index in [0.29, 0.717) is 28.4 Å². The summed E-state index contributed by atoms with van der Waals surface area (Å²) in [5.41, 5.74) is 2.08. The molecule has 3 aromatic rings. The summed E-state index contributed by atoms with van der Waals surface area (Å²) in [7, 11) is 0. The van der Waals surface area contributed by atoms with Gasteiger partial charge in [-0.05, 0) is 29.7 Å². The van der Waals surface area contributed by atoms with Crippen LogP contribution in [-0.2, 0) is 6.54 Å². The van der Waals surface area contributed by atoms with Crippen LogP contribution in [0.4, 0.5) is 8.78 Å². The van der Waals surface area contributed by atoms with Crippen molar-refractivity contribution >= 4 is 10.9 Å². The molecule has 1 N–H and O–H groups in total. The van der Waals surface area contributed by atoms with Gasteiger partial charge in [-0.25, -0.2) is 8.78 Å². The zero-order valence-electron chi connectivity index (χ0n) is 17.4. The number of nitrogens with zero attached hydrogens (tertiary/aromatic N) is 2. The molecule has 4 unspecified atom stereocenters. The van der Waals surface area contributed by atoms with Crippen LogP contribution in [0.15, 0.2) is 67.4 Å². The van der Waals surface area contributed by atoms with Crippen molar-refractivity contribution in [3.63, 3.8) is 0 Å². The Bertz CT molecular complexity index is 1130. The van der Waals surface area contributed by atoms with Crippen molar-refractivity contribution in [1.29, 1.82) is 0 Å². The number of piperidine rings is 3. The predicted molar refractivity (Wildman–Crippen MR) is 117 cm³/mol. The van der Waals surface area contributed by atoms with Crippen LogP contribution in [-0.4, -0.2) is 33.7 Å². The molecule has 0 amide bonds. The Balaban J connectivity index is 1.57. The fourth-order valence-corrected chi connectivity index (χ4v) is 5.97. The van der Waals surface area contributed by atoms with Crippen LogP contribution < -0.4 is 0 Å². The third kappa shape index (κ3) is 3.36. The van der Waals surface area contributed by atoms with Crippen molar-refractivity contribution in [3.05, 3.63) is 90.1 Å². The van der Waals surface area contributed by atoms with E-state index in [-0.39, 0.29) is 6.04 Å². The predicted octanol–water partition coefficient (Wildman–Crippen LogP) is 5.16. The Kier molecular flexibility index (Phi) is 5.11. The third-order valence-corrected chi connectivity index (χ3v) is 7.56. The maximum atomic E-state index is 14.6. The minimum absolute atomic E-state index is 0.0941. The molecule has 3 aliphatic heterocycles. The fraction of sp³-hybridized carbons (Fsp3) is 0.346. The van der Waals surface area contributed by atoms with E-state index in [9.17, 15) is 13.9 Å². The van der Waals surface area contributed by atoms with Gasteiger partial charge in [0.2, 0.25) is 0 Å². The van der Waals surface area contributed by atoms with Gasteiger partial charge in [-0.15, -0.1) is 6.58 Å². The summed E-state index contributed by atoms with van der Waals surface area (Å²) in [6.45, 7) is 6.02. The van der Waals surface area contributed by atoms with Crippen molar-refractivity contribution in [2.45, 2.75) is 31.5 Å². The van der Waals surface area contributed by atoms with Gasteiger partial charge < -0.3 is 9.59 Å². The maximum Gasteiger partial charge on any atom is 0.167 e. The van der Waals surface area contributed by atoms with Crippen LogP contribution >= 0.6 is 0 Å².